The average Bonchev–Trinajstić information content (AvgIpc) is 2.47. The van der Waals surface area contributed by atoms with Crippen LogP contribution in [-0.4, -0.2) is 16.7 Å². The molecule has 1 aromatic carbocycles. The topological polar surface area (TPSA) is 56.3 Å². The fourth-order valence-corrected chi connectivity index (χ4v) is 1.38. The number of hydrogen-bond acceptors (Lipinski definition) is 4. The monoisotopic (exact) mass is 253 g/mol. The second-order valence-electron chi connectivity index (χ2n) is 3.65. The van der Waals surface area contributed by atoms with Crippen LogP contribution in [-0.2, 0) is 4.79 Å². The number of ether oxygens (including phenoxy) is 1. The molecule has 0 radical (unpaired) electrons. The van der Waals surface area contributed by atoms with Gasteiger partial charge in [0, 0.05) is 12.3 Å². The summed E-state index contributed by atoms with van der Waals surface area (Å²) in [5, 5.41) is 0. The van der Waals surface area contributed by atoms with Gasteiger partial charge in [0.05, 0.1) is 0 Å². The fraction of sp³-hybridized carbons (Fsp3) is 0. The molecule has 0 unspecified atom stereocenters. The van der Waals surface area contributed by atoms with E-state index in [9.17, 15) is 9.59 Å². The first kappa shape index (κ1) is 12.7. The first-order chi connectivity index (χ1) is 9.25. The third kappa shape index (κ3) is 3.89. The van der Waals surface area contributed by atoms with Gasteiger partial charge in [-0.15, -0.1) is 0 Å². The molecule has 0 spiro atoms. The SMILES string of the molecule is O=C(C=CC(=O)c1ccccn1)Oc1ccccc1. The maximum atomic E-state index is 11.6. The summed E-state index contributed by atoms with van der Waals surface area (Å²) in [5.41, 5.74) is 0.284. The lowest BCUT2D eigenvalue weighted by atomic mass is 10.2. The van der Waals surface area contributed by atoms with Crippen LogP contribution in [0.5, 0.6) is 5.75 Å². The van der Waals surface area contributed by atoms with Crippen molar-refractivity contribution in [3.63, 3.8) is 0 Å². The van der Waals surface area contributed by atoms with E-state index in [2.05, 4.69) is 4.98 Å². The lowest BCUT2D eigenvalue weighted by Crippen LogP contribution is -2.05. The van der Waals surface area contributed by atoms with Crippen molar-refractivity contribution in [2.24, 2.45) is 0 Å². The number of rotatable bonds is 4. The molecule has 0 aliphatic rings. The first-order valence-electron chi connectivity index (χ1n) is 5.66. The van der Waals surface area contributed by atoms with Crippen LogP contribution in [0.3, 0.4) is 0 Å². The first-order valence-corrected chi connectivity index (χ1v) is 5.66. The van der Waals surface area contributed by atoms with Gasteiger partial charge in [-0.3, -0.25) is 9.78 Å². The van der Waals surface area contributed by atoms with E-state index in [0.717, 1.165) is 12.2 Å². The Morgan fingerprint density at radius 3 is 2.37 bits per heavy atom. The van der Waals surface area contributed by atoms with Crippen molar-refractivity contribution in [3.8, 4) is 5.75 Å². The van der Waals surface area contributed by atoms with Crippen molar-refractivity contribution >= 4 is 11.8 Å². The molecule has 0 bridgehead atoms. The van der Waals surface area contributed by atoms with Crippen LogP contribution < -0.4 is 4.74 Å². The highest BCUT2D eigenvalue weighted by molar-refractivity contribution is 6.05. The molecule has 0 atom stereocenters. The molecule has 0 aliphatic carbocycles. The predicted octanol–water partition coefficient (Wildman–Crippen LogP) is 2.43. The summed E-state index contributed by atoms with van der Waals surface area (Å²) in [6.07, 6.45) is 3.75. The van der Waals surface area contributed by atoms with Gasteiger partial charge in [0.15, 0.2) is 0 Å². The lowest BCUT2D eigenvalue weighted by Gasteiger charge is -1.99. The number of pyridine rings is 1. The van der Waals surface area contributed by atoms with Crippen molar-refractivity contribution in [2.75, 3.05) is 0 Å². The molecule has 1 heterocycles. The van der Waals surface area contributed by atoms with Crippen molar-refractivity contribution < 1.29 is 14.3 Å². The lowest BCUT2D eigenvalue weighted by molar-refractivity contribution is -0.129. The summed E-state index contributed by atoms with van der Waals surface area (Å²) in [6, 6.07) is 13.6. The van der Waals surface area contributed by atoms with Gasteiger partial charge < -0.3 is 4.74 Å². The van der Waals surface area contributed by atoms with Gasteiger partial charge in [0.2, 0.25) is 5.78 Å². The average molecular weight is 253 g/mol. The number of esters is 1. The Morgan fingerprint density at radius 2 is 1.68 bits per heavy atom. The van der Waals surface area contributed by atoms with E-state index >= 15 is 0 Å². The minimum Gasteiger partial charge on any atom is -0.423 e. The molecule has 19 heavy (non-hydrogen) atoms. The molecule has 2 rings (SSSR count). The number of hydrogen-bond donors (Lipinski definition) is 0. The Balaban J connectivity index is 1.96. The summed E-state index contributed by atoms with van der Waals surface area (Å²) in [5.74, 6) is -0.511. The van der Waals surface area contributed by atoms with Gasteiger partial charge in [-0.25, -0.2) is 4.79 Å². The van der Waals surface area contributed by atoms with E-state index in [-0.39, 0.29) is 11.5 Å². The maximum Gasteiger partial charge on any atom is 0.336 e. The predicted molar refractivity (Wildman–Crippen MR) is 69.8 cm³/mol. The largest absolute Gasteiger partial charge is 0.423 e. The van der Waals surface area contributed by atoms with E-state index in [1.807, 2.05) is 6.07 Å². The summed E-state index contributed by atoms with van der Waals surface area (Å²) < 4.78 is 5.00. The molecular formula is C15H11NO3. The molecule has 4 heteroatoms. The maximum absolute atomic E-state index is 11.6. The number of allylic oxidation sites excluding steroid dienone is 1. The smallest absolute Gasteiger partial charge is 0.336 e. The molecule has 0 saturated carbocycles. The molecule has 0 fully saturated rings. The zero-order valence-electron chi connectivity index (χ0n) is 10.0. The second kappa shape index (κ2) is 6.26. The quantitative estimate of drug-likeness (QED) is 0.363. The zero-order chi connectivity index (χ0) is 13.5. The Hall–Kier alpha value is -2.75. The Labute approximate surface area is 110 Å². The number of carbonyl (C=O) groups is 2. The van der Waals surface area contributed by atoms with Crippen molar-refractivity contribution in [3.05, 3.63) is 72.6 Å². The standard InChI is InChI=1S/C15H11NO3/c17-14(13-8-4-5-11-16-13)9-10-15(18)19-12-6-2-1-3-7-12/h1-11H. The van der Waals surface area contributed by atoms with Crippen molar-refractivity contribution in [1.82, 2.24) is 4.98 Å². The van der Waals surface area contributed by atoms with Crippen LogP contribution in [0.4, 0.5) is 0 Å². The van der Waals surface area contributed by atoms with Gasteiger partial charge in [-0.1, -0.05) is 24.3 Å². The number of nitrogens with zero attached hydrogens (tertiary/aromatic N) is 1. The van der Waals surface area contributed by atoms with Crippen molar-refractivity contribution in [2.45, 2.75) is 0 Å². The van der Waals surface area contributed by atoms with E-state index in [1.165, 1.54) is 6.20 Å². The van der Waals surface area contributed by atoms with Gasteiger partial charge >= 0.3 is 5.97 Å². The highest BCUT2D eigenvalue weighted by atomic mass is 16.5. The Kier molecular flexibility index (Phi) is 4.18. The molecular weight excluding hydrogens is 242 g/mol. The van der Waals surface area contributed by atoms with Gasteiger partial charge in [-0.05, 0) is 30.3 Å². The minimum atomic E-state index is -0.601. The van der Waals surface area contributed by atoms with E-state index in [0.29, 0.717) is 5.75 Å². The number of aromatic nitrogens is 1. The van der Waals surface area contributed by atoms with Crippen LogP contribution in [0.25, 0.3) is 0 Å². The van der Waals surface area contributed by atoms with Crippen LogP contribution in [0.1, 0.15) is 10.5 Å². The minimum absolute atomic E-state index is 0.284. The summed E-state index contributed by atoms with van der Waals surface area (Å²) >= 11 is 0. The van der Waals surface area contributed by atoms with Crippen LogP contribution in [0.15, 0.2) is 66.9 Å². The van der Waals surface area contributed by atoms with E-state index in [1.54, 1.807) is 42.5 Å². The van der Waals surface area contributed by atoms with Gasteiger partial charge in [-0.2, -0.15) is 0 Å². The molecule has 4 nitrogen and oxygen atoms in total. The normalized spacial score (nSPS) is 10.3. The molecule has 94 valence electrons. The fourth-order valence-electron chi connectivity index (χ4n) is 1.38. The third-order valence-electron chi connectivity index (χ3n) is 2.25. The Bertz CT molecular complexity index is 591. The summed E-state index contributed by atoms with van der Waals surface area (Å²) in [6.45, 7) is 0. The summed E-state index contributed by atoms with van der Waals surface area (Å²) in [7, 11) is 0. The molecule has 2 aromatic rings. The zero-order valence-corrected chi connectivity index (χ0v) is 10.0. The van der Waals surface area contributed by atoms with Gasteiger partial charge in [0.1, 0.15) is 11.4 Å². The molecule has 0 N–H and O–H groups in total. The number of para-hydroxylation sites is 1. The highest BCUT2D eigenvalue weighted by Gasteiger charge is 2.04. The second-order valence-corrected chi connectivity index (χ2v) is 3.65. The summed E-state index contributed by atoms with van der Waals surface area (Å²) in [4.78, 5) is 27.0. The van der Waals surface area contributed by atoms with E-state index in [4.69, 9.17) is 4.74 Å². The molecule has 1 aromatic heterocycles. The highest BCUT2D eigenvalue weighted by Crippen LogP contribution is 2.08. The molecule has 0 saturated heterocycles. The van der Waals surface area contributed by atoms with E-state index < -0.39 is 5.97 Å². The van der Waals surface area contributed by atoms with Crippen LogP contribution in [0.2, 0.25) is 0 Å². The number of benzene rings is 1. The van der Waals surface area contributed by atoms with Crippen LogP contribution in [0, 0.1) is 0 Å². The van der Waals surface area contributed by atoms with Crippen LogP contribution >= 0.6 is 0 Å². The van der Waals surface area contributed by atoms with Crippen molar-refractivity contribution in [1.29, 1.82) is 0 Å². The van der Waals surface area contributed by atoms with Gasteiger partial charge in [0.25, 0.3) is 0 Å². The number of carbonyl (C=O) groups excluding carboxylic acids is 2. The number of ketones is 1. The third-order valence-corrected chi connectivity index (χ3v) is 2.25. The molecule has 0 amide bonds. The Morgan fingerprint density at radius 1 is 0.947 bits per heavy atom. The molecule has 0 aliphatic heterocycles.